The summed E-state index contributed by atoms with van der Waals surface area (Å²) in [4.78, 5) is 25.5. The van der Waals surface area contributed by atoms with Gasteiger partial charge in [0, 0.05) is 24.7 Å². The number of morpholine rings is 1. The highest BCUT2D eigenvalue weighted by molar-refractivity contribution is 5.98. The van der Waals surface area contributed by atoms with Crippen LogP contribution in [0.4, 0.5) is 5.82 Å². The predicted molar refractivity (Wildman–Crippen MR) is 153 cm³/mol. The normalized spacial score (nSPS) is 20.0. The third-order valence-electron chi connectivity index (χ3n) is 7.51. The van der Waals surface area contributed by atoms with E-state index in [2.05, 4.69) is 14.9 Å². The van der Waals surface area contributed by atoms with Crippen LogP contribution in [0.3, 0.4) is 0 Å². The summed E-state index contributed by atoms with van der Waals surface area (Å²) >= 11 is 0. The zero-order chi connectivity index (χ0) is 27.5. The van der Waals surface area contributed by atoms with E-state index in [1.165, 1.54) is 6.33 Å². The van der Waals surface area contributed by atoms with Gasteiger partial charge in [-0.15, -0.1) is 0 Å². The minimum atomic E-state index is -0.145. The van der Waals surface area contributed by atoms with Crippen molar-refractivity contribution >= 4 is 22.8 Å². The summed E-state index contributed by atoms with van der Waals surface area (Å²) in [6, 6.07) is 17.7. The van der Waals surface area contributed by atoms with Crippen molar-refractivity contribution in [2.45, 2.75) is 38.6 Å². The van der Waals surface area contributed by atoms with Gasteiger partial charge < -0.3 is 20.1 Å². The second-order valence-electron chi connectivity index (χ2n) is 10.1. The van der Waals surface area contributed by atoms with Crippen LogP contribution in [0, 0.1) is 0 Å². The Morgan fingerprint density at radius 2 is 1.90 bits per heavy atom. The van der Waals surface area contributed by atoms with Crippen molar-refractivity contribution in [2.75, 3.05) is 32.0 Å². The number of nitrogen functional groups attached to an aromatic ring is 1. The Kier molecular flexibility index (Phi) is 7.43. The number of carbonyl (C=O) groups excluding carboxylic acids is 1. The SMILES string of the molecule is C/C=C/C(=O)N1CCOC(N2CCC[C@H]2Cn2nc(-c3ccc(Oc4ccccc4)cc3)c3c(N)ncnc32)C1. The van der Waals surface area contributed by atoms with Gasteiger partial charge in [0.25, 0.3) is 0 Å². The molecule has 40 heavy (non-hydrogen) atoms. The number of allylic oxidation sites excluding steroid dienone is 1. The first-order chi connectivity index (χ1) is 19.6. The Hall–Kier alpha value is -4.28. The van der Waals surface area contributed by atoms with E-state index in [-0.39, 0.29) is 18.2 Å². The topological polar surface area (TPSA) is 112 Å². The van der Waals surface area contributed by atoms with Crippen molar-refractivity contribution in [3.63, 3.8) is 0 Å². The third-order valence-corrected chi connectivity index (χ3v) is 7.51. The maximum absolute atomic E-state index is 12.5. The highest BCUT2D eigenvalue weighted by Gasteiger charge is 2.36. The lowest BCUT2D eigenvalue weighted by Crippen LogP contribution is -2.54. The van der Waals surface area contributed by atoms with Gasteiger partial charge in [0.1, 0.15) is 35.6 Å². The van der Waals surface area contributed by atoms with Crippen molar-refractivity contribution in [2.24, 2.45) is 0 Å². The molecule has 10 heteroatoms. The van der Waals surface area contributed by atoms with Gasteiger partial charge in [0.2, 0.25) is 5.91 Å². The number of carbonyl (C=O) groups is 1. The highest BCUT2D eigenvalue weighted by atomic mass is 16.5. The van der Waals surface area contributed by atoms with Crippen LogP contribution < -0.4 is 10.5 Å². The summed E-state index contributed by atoms with van der Waals surface area (Å²) in [5, 5.41) is 5.73. The molecule has 2 atom stereocenters. The van der Waals surface area contributed by atoms with E-state index in [9.17, 15) is 4.79 Å². The molecule has 206 valence electrons. The summed E-state index contributed by atoms with van der Waals surface area (Å²) in [6.07, 6.45) is 6.80. The molecule has 1 unspecified atom stereocenters. The second kappa shape index (κ2) is 11.4. The Balaban J connectivity index is 1.25. The molecule has 2 aliphatic heterocycles. The van der Waals surface area contributed by atoms with Crippen LogP contribution in [0.5, 0.6) is 11.5 Å². The minimum absolute atomic E-state index is 0.0293. The van der Waals surface area contributed by atoms with E-state index in [4.69, 9.17) is 20.3 Å². The zero-order valence-electron chi connectivity index (χ0n) is 22.5. The summed E-state index contributed by atoms with van der Waals surface area (Å²) in [5.74, 6) is 1.94. The summed E-state index contributed by atoms with van der Waals surface area (Å²) in [6.45, 7) is 5.09. The van der Waals surface area contributed by atoms with Gasteiger partial charge in [-0.3, -0.25) is 9.69 Å². The maximum atomic E-state index is 12.5. The fourth-order valence-electron chi connectivity index (χ4n) is 5.58. The van der Waals surface area contributed by atoms with Crippen LogP contribution in [0.25, 0.3) is 22.3 Å². The molecule has 10 nitrogen and oxygen atoms in total. The number of para-hydroxylation sites is 1. The molecule has 0 bridgehead atoms. The number of ether oxygens (including phenoxy) is 2. The number of anilines is 1. The van der Waals surface area contributed by atoms with Gasteiger partial charge in [-0.05, 0) is 62.2 Å². The van der Waals surface area contributed by atoms with E-state index in [0.29, 0.717) is 37.7 Å². The Bertz CT molecular complexity index is 1500. The molecule has 0 saturated carbocycles. The molecule has 4 heterocycles. The lowest BCUT2D eigenvalue weighted by Gasteiger charge is -2.39. The number of likely N-dealkylation sites (tertiary alicyclic amines) is 1. The molecule has 6 rings (SSSR count). The number of hydrogen-bond donors (Lipinski definition) is 1. The van der Waals surface area contributed by atoms with Crippen LogP contribution in [0.15, 0.2) is 73.1 Å². The van der Waals surface area contributed by atoms with Crippen LogP contribution in [-0.4, -0.2) is 74.0 Å². The van der Waals surface area contributed by atoms with Crippen LogP contribution in [-0.2, 0) is 16.1 Å². The average molecular weight is 540 g/mol. The van der Waals surface area contributed by atoms with Gasteiger partial charge in [0.05, 0.1) is 25.1 Å². The number of nitrogens with zero attached hydrogens (tertiary/aromatic N) is 6. The van der Waals surface area contributed by atoms with Crippen molar-refractivity contribution in [3.05, 3.63) is 73.1 Å². The average Bonchev–Trinajstić information content (AvgIpc) is 3.60. The zero-order valence-corrected chi connectivity index (χ0v) is 22.5. The molecule has 0 aliphatic carbocycles. The first kappa shape index (κ1) is 26.0. The summed E-state index contributed by atoms with van der Waals surface area (Å²) in [7, 11) is 0. The van der Waals surface area contributed by atoms with Crippen LogP contribution in [0.1, 0.15) is 19.8 Å². The summed E-state index contributed by atoms with van der Waals surface area (Å²) < 4.78 is 14.0. The number of rotatable bonds is 7. The van der Waals surface area contributed by atoms with Crippen molar-refractivity contribution in [1.82, 2.24) is 29.5 Å². The van der Waals surface area contributed by atoms with Gasteiger partial charge in [-0.2, -0.15) is 5.10 Å². The summed E-state index contributed by atoms with van der Waals surface area (Å²) in [5.41, 5.74) is 8.70. The fraction of sp³-hybridized carbons (Fsp3) is 0.333. The van der Waals surface area contributed by atoms with Crippen molar-refractivity contribution in [3.8, 4) is 22.8 Å². The van der Waals surface area contributed by atoms with Crippen molar-refractivity contribution in [1.29, 1.82) is 0 Å². The maximum Gasteiger partial charge on any atom is 0.246 e. The molecule has 4 aromatic rings. The molecular weight excluding hydrogens is 506 g/mol. The van der Waals surface area contributed by atoms with Crippen LogP contribution >= 0.6 is 0 Å². The number of amides is 1. The second-order valence-corrected chi connectivity index (χ2v) is 10.1. The molecule has 2 aromatic heterocycles. The Morgan fingerprint density at radius 3 is 2.70 bits per heavy atom. The molecule has 2 fully saturated rings. The quantitative estimate of drug-likeness (QED) is 0.350. The number of nitrogens with two attached hydrogens (primary N) is 1. The lowest BCUT2D eigenvalue weighted by molar-refractivity contribution is -0.147. The van der Waals surface area contributed by atoms with Crippen LogP contribution in [0.2, 0.25) is 0 Å². The fourth-order valence-corrected chi connectivity index (χ4v) is 5.58. The van der Waals surface area contributed by atoms with Gasteiger partial charge >= 0.3 is 0 Å². The Morgan fingerprint density at radius 1 is 1.10 bits per heavy atom. The van der Waals surface area contributed by atoms with Gasteiger partial charge in [-0.25, -0.2) is 14.6 Å². The molecule has 2 N–H and O–H groups in total. The molecule has 2 saturated heterocycles. The van der Waals surface area contributed by atoms with Gasteiger partial charge in [0.15, 0.2) is 5.65 Å². The predicted octanol–water partition coefficient (Wildman–Crippen LogP) is 4.09. The third kappa shape index (κ3) is 5.28. The Labute approximate surface area is 233 Å². The molecule has 0 radical (unpaired) electrons. The van der Waals surface area contributed by atoms with Crippen molar-refractivity contribution < 1.29 is 14.3 Å². The first-order valence-corrected chi connectivity index (χ1v) is 13.7. The lowest BCUT2D eigenvalue weighted by atomic mass is 10.1. The number of benzene rings is 2. The minimum Gasteiger partial charge on any atom is -0.457 e. The molecule has 1 amide bonds. The standard InChI is InChI=1S/C30H33N7O3/c1-2-7-25(38)35-16-17-39-26(19-35)36-15-6-8-22(36)18-37-30-27(29(31)32-20-33-30)28(34-37)21-11-13-24(14-12-21)40-23-9-4-3-5-10-23/h2-5,7,9-14,20,22,26H,6,8,15-19H2,1H3,(H2,31,32,33)/b7-2+/t22-,26?/m0/s1. The van der Waals surface area contributed by atoms with E-state index in [1.54, 1.807) is 12.2 Å². The van der Waals surface area contributed by atoms with E-state index in [1.807, 2.05) is 71.1 Å². The largest absolute Gasteiger partial charge is 0.457 e. The molecular formula is C30H33N7O3. The number of hydrogen-bond acceptors (Lipinski definition) is 8. The smallest absolute Gasteiger partial charge is 0.246 e. The van der Waals surface area contributed by atoms with E-state index in [0.717, 1.165) is 47.5 Å². The van der Waals surface area contributed by atoms with Gasteiger partial charge in [-0.1, -0.05) is 24.3 Å². The van der Waals surface area contributed by atoms with E-state index < -0.39 is 0 Å². The monoisotopic (exact) mass is 539 g/mol. The molecule has 2 aromatic carbocycles. The highest BCUT2D eigenvalue weighted by Crippen LogP contribution is 2.33. The van der Waals surface area contributed by atoms with E-state index >= 15 is 0 Å². The first-order valence-electron chi connectivity index (χ1n) is 13.7. The molecule has 2 aliphatic rings. The molecule has 0 spiro atoms. The number of aromatic nitrogens is 4. The number of fused-ring (bicyclic) bond motifs is 1.